The molecule has 0 saturated carbocycles. The number of nitrogens with one attached hydrogen (secondary N) is 1. The summed E-state index contributed by atoms with van der Waals surface area (Å²) in [5, 5.41) is 2.94. The van der Waals surface area contributed by atoms with Crippen molar-refractivity contribution in [3.63, 3.8) is 0 Å². The van der Waals surface area contributed by atoms with E-state index in [-0.39, 0.29) is 11.7 Å². The van der Waals surface area contributed by atoms with Crippen molar-refractivity contribution in [1.82, 2.24) is 4.98 Å². The third-order valence-corrected chi connectivity index (χ3v) is 2.73. The van der Waals surface area contributed by atoms with Crippen LogP contribution in [0, 0.1) is 12.7 Å². The minimum atomic E-state index is -0.359. The molecule has 0 spiro atoms. The van der Waals surface area contributed by atoms with E-state index in [9.17, 15) is 9.18 Å². The van der Waals surface area contributed by atoms with E-state index in [1.54, 1.807) is 19.1 Å². The molecule has 1 heterocycles. The Morgan fingerprint density at radius 3 is 2.78 bits per heavy atom. The maximum absolute atomic E-state index is 13.3. The number of carbonyl (C=O) groups is 1. The first-order valence-electron chi connectivity index (χ1n) is 5.26. The number of halogens is 2. The first kappa shape index (κ1) is 12.5. The molecular weight excluding hydrogens is 255 g/mol. The van der Waals surface area contributed by atoms with E-state index >= 15 is 0 Å². The van der Waals surface area contributed by atoms with Gasteiger partial charge < -0.3 is 5.32 Å². The van der Waals surface area contributed by atoms with Crippen LogP contribution in [0.5, 0.6) is 0 Å². The minimum Gasteiger partial charge on any atom is -0.322 e. The Hall–Kier alpha value is -1.94. The third-order valence-electron chi connectivity index (χ3n) is 2.51. The van der Waals surface area contributed by atoms with Crippen molar-refractivity contribution in [2.45, 2.75) is 6.92 Å². The van der Waals surface area contributed by atoms with Crippen LogP contribution in [0.2, 0.25) is 5.15 Å². The Bertz CT molecular complexity index is 584. The normalized spacial score (nSPS) is 10.2. The lowest BCUT2D eigenvalue weighted by atomic mass is 10.2. The van der Waals surface area contributed by atoms with E-state index in [1.165, 1.54) is 24.4 Å². The molecule has 3 nitrogen and oxygen atoms in total. The first-order chi connectivity index (χ1) is 8.58. The monoisotopic (exact) mass is 264 g/mol. The summed E-state index contributed by atoms with van der Waals surface area (Å²) in [4.78, 5) is 15.7. The van der Waals surface area contributed by atoms with E-state index in [0.717, 1.165) is 0 Å². The van der Waals surface area contributed by atoms with Gasteiger partial charge in [-0.15, -0.1) is 0 Å². The molecule has 1 N–H and O–H groups in total. The van der Waals surface area contributed by atoms with Crippen LogP contribution in [0.4, 0.5) is 10.1 Å². The lowest BCUT2D eigenvalue weighted by Crippen LogP contribution is -2.13. The summed E-state index contributed by atoms with van der Waals surface area (Å²) in [7, 11) is 0. The fourth-order valence-electron chi connectivity index (χ4n) is 1.45. The van der Waals surface area contributed by atoms with E-state index in [4.69, 9.17) is 11.6 Å². The topological polar surface area (TPSA) is 42.0 Å². The minimum absolute atomic E-state index is 0.313. The SMILES string of the molecule is Cc1c(F)cccc1NC(=O)c1ccc(Cl)nc1. The highest BCUT2D eigenvalue weighted by atomic mass is 35.5. The Morgan fingerprint density at radius 2 is 2.11 bits per heavy atom. The lowest BCUT2D eigenvalue weighted by molar-refractivity contribution is 0.102. The summed E-state index contributed by atoms with van der Waals surface area (Å²) in [5.74, 6) is -0.713. The second-order valence-corrected chi connectivity index (χ2v) is 4.12. The number of carbonyl (C=O) groups excluding carboxylic acids is 1. The highest BCUT2D eigenvalue weighted by Gasteiger charge is 2.09. The van der Waals surface area contributed by atoms with Gasteiger partial charge in [-0.1, -0.05) is 17.7 Å². The predicted molar refractivity (Wildman–Crippen MR) is 68.3 cm³/mol. The molecule has 2 rings (SSSR count). The Labute approximate surface area is 109 Å². The second kappa shape index (κ2) is 5.14. The first-order valence-corrected chi connectivity index (χ1v) is 5.64. The van der Waals surface area contributed by atoms with Crippen molar-refractivity contribution in [2.75, 3.05) is 5.32 Å². The van der Waals surface area contributed by atoms with Gasteiger partial charge in [0.1, 0.15) is 11.0 Å². The van der Waals surface area contributed by atoms with Crippen LogP contribution in [0.15, 0.2) is 36.5 Å². The number of pyridine rings is 1. The Kier molecular flexibility index (Phi) is 3.58. The zero-order valence-electron chi connectivity index (χ0n) is 9.58. The van der Waals surface area contributed by atoms with E-state index in [0.29, 0.717) is 22.0 Å². The molecule has 1 aromatic heterocycles. The molecule has 0 bridgehead atoms. The number of rotatable bonds is 2. The highest BCUT2D eigenvalue weighted by molar-refractivity contribution is 6.29. The molecule has 1 aromatic carbocycles. The van der Waals surface area contributed by atoms with Gasteiger partial charge in [0, 0.05) is 17.4 Å². The molecule has 0 aliphatic heterocycles. The fraction of sp³-hybridized carbons (Fsp3) is 0.0769. The molecule has 0 saturated heterocycles. The number of amides is 1. The van der Waals surface area contributed by atoms with E-state index in [1.807, 2.05) is 0 Å². The van der Waals surface area contributed by atoms with Gasteiger partial charge in [0.2, 0.25) is 0 Å². The molecule has 1 amide bonds. The average Bonchev–Trinajstić information content (AvgIpc) is 2.36. The van der Waals surface area contributed by atoms with Crippen LogP contribution < -0.4 is 5.32 Å². The van der Waals surface area contributed by atoms with Gasteiger partial charge in [-0.25, -0.2) is 9.37 Å². The van der Waals surface area contributed by atoms with Crippen molar-refractivity contribution in [2.24, 2.45) is 0 Å². The maximum Gasteiger partial charge on any atom is 0.257 e. The third kappa shape index (κ3) is 2.65. The van der Waals surface area contributed by atoms with Crippen LogP contribution in [0.25, 0.3) is 0 Å². The van der Waals surface area contributed by atoms with E-state index in [2.05, 4.69) is 10.3 Å². The molecule has 0 fully saturated rings. The van der Waals surface area contributed by atoms with Gasteiger partial charge in [0.05, 0.1) is 5.56 Å². The molecule has 0 aliphatic carbocycles. The Balaban J connectivity index is 2.21. The molecule has 0 aliphatic rings. The number of benzene rings is 1. The number of anilines is 1. The number of nitrogens with zero attached hydrogens (tertiary/aromatic N) is 1. The quantitative estimate of drug-likeness (QED) is 0.845. The van der Waals surface area contributed by atoms with Crippen LogP contribution in [-0.2, 0) is 0 Å². The largest absolute Gasteiger partial charge is 0.322 e. The van der Waals surface area contributed by atoms with Gasteiger partial charge in [-0.2, -0.15) is 0 Å². The van der Waals surface area contributed by atoms with Crippen molar-refractivity contribution < 1.29 is 9.18 Å². The van der Waals surface area contributed by atoms with Crippen molar-refractivity contribution in [3.05, 3.63) is 58.6 Å². The number of hydrogen-bond donors (Lipinski definition) is 1. The molecule has 92 valence electrons. The van der Waals surface area contributed by atoms with Crippen LogP contribution >= 0.6 is 11.6 Å². The smallest absolute Gasteiger partial charge is 0.257 e. The molecule has 0 radical (unpaired) electrons. The summed E-state index contributed by atoms with van der Waals surface area (Å²) in [5.41, 5.74) is 1.20. The standard InChI is InChI=1S/C13H10ClFN2O/c1-8-10(15)3-2-4-11(8)17-13(18)9-5-6-12(14)16-7-9/h2-7H,1H3,(H,17,18). The molecule has 0 unspecified atom stereocenters. The van der Waals surface area contributed by atoms with Gasteiger partial charge >= 0.3 is 0 Å². The molecule has 2 aromatic rings. The zero-order valence-corrected chi connectivity index (χ0v) is 10.3. The summed E-state index contributed by atoms with van der Waals surface area (Å²) < 4.78 is 13.3. The van der Waals surface area contributed by atoms with Crippen LogP contribution in [0.3, 0.4) is 0 Å². The van der Waals surface area contributed by atoms with Gasteiger partial charge in [-0.05, 0) is 31.2 Å². The van der Waals surface area contributed by atoms with Gasteiger partial charge in [0.25, 0.3) is 5.91 Å². The second-order valence-electron chi connectivity index (χ2n) is 3.74. The predicted octanol–water partition coefficient (Wildman–Crippen LogP) is 3.43. The van der Waals surface area contributed by atoms with Crippen molar-refractivity contribution >= 4 is 23.2 Å². The summed E-state index contributed by atoms with van der Waals surface area (Å²) in [6.07, 6.45) is 1.37. The van der Waals surface area contributed by atoms with Crippen molar-refractivity contribution in [3.8, 4) is 0 Å². The number of aromatic nitrogens is 1. The maximum atomic E-state index is 13.3. The molecule has 5 heteroatoms. The van der Waals surface area contributed by atoms with E-state index < -0.39 is 0 Å². The highest BCUT2D eigenvalue weighted by Crippen LogP contribution is 2.18. The zero-order chi connectivity index (χ0) is 13.1. The Morgan fingerprint density at radius 1 is 1.33 bits per heavy atom. The molecule has 0 atom stereocenters. The average molecular weight is 265 g/mol. The van der Waals surface area contributed by atoms with Crippen LogP contribution in [0.1, 0.15) is 15.9 Å². The van der Waals surface area contributed by atoms with Gasteiger partial charge in [0.15, 0.2) is 0 Å². The summed E-state index contributed by atoms with van der Waals surface area (Å²) in [6.45, 7) is 1.60. The lowest BCUT2D eigenvalue weighted by Gasteiger charge is -2.08. The van der Waals surface area contributed by atoms with Gasteiger partial charge in [-0.3, -0.25) is 4.79 Å². The molecule has 18 heavy (non-hydrogen) atoms. The summed E-state index contributed by atoms with van der Waals surface area (Å²) in [6, 6.07) is 7.60. The fourth-order valence-corrected chi connectivity index (χ4v) is 1.56. The number of hydrogen-bond acceptors (Lipinski definition) is 2. The molecular formula is C13H10ClFN2O. The van der Waals surface area contributed by atoms with Crippen molar-refractivity contribution in [1.29, 1.82) is 0 Å². The van der Waals surface area contributed by atoms with Crippen LogP contribution in [-0.4, -0.2) is 10.9 Å². The summed E-state index contributed by atoms with van der Waals surface area (Å²) >= 11 is 5.63.